The van der Waals surface area contributed by atoms with Gasteiger partial charge in [0.25, 0.3) is 0 Å². The third kappa shape index (κ3) is 3.35. The first-order valence-corrected chi connectivity index (χ1v) is 5.60. The minimum Gasteiger partial charge on any atom is -0.409 e. The summed E-state index contributed by atoms with van der Waals surface area (Å²) in [4.78, 5) is 2.35. The predicted molar refractivity (Wildman–Crippen MR) is 61.1 cm³/mol. The molecular weight excluding hydrogens is 192 g/mol. The van der Waals surface area contributed by atoms with Crippen LogP contribution in [-0.4, -0.2) is 48.2 Å². The van der Waals surface area contributed by atoms with Crippen LogP contribution < -0.4 is 11.1 Å². The zero-order valence-corrected chi connectivity index (χ0v) is 9.61. The Balaban J connectivity index is 2.34. The summed E-state index contributed by atoms with van der Waals surface area (Å²) >= 11 is 0. The predicted octanol–water partition coefficient (Wildman–Crippen LogP) is 0.195. The second-order valence-corrected chi connectivity index (χ2v) is 4.17. The smallest absolute Gasteiger partial charge is 0.156 e. The first kappa shape index (κ1) is 12.3. The van der Waals surface area contributed by atoms with E-state index in [1.165, 1.54) is 19.4 Å². The normalized spacial score (nSPS) is 25.7. The van der Waals surface area contributed by atoms with Crippen LogP contribution in [0.2, 0.25) is 0 Å². The molecule has 1 rings (SSSR count). The highest BCUT2D eigenvalue weighted by atomic mass is 16.4. The lowest BCUT2D eigenvalue weighted by atomic mass is 10.1. The van der Waals surface area contributed by atoms with Crippen LogP contribution in [0.1, 0.15) is 26.2 Å². The van der Waals surface area contributed by atoms with Crippen molar-refractivity contribution in [2.24, 2.45) is 10.9 Å². The van der Waals surface area contributed by atoms with E-state index in [2.05, 4.69) is 22.4 Å². The van der Waals surface area contributed by atoms with Gasteiger partial charge in [0.05, 0.1) is 6.04 Å². The van der Waals surface area contributed by atoms with Crippen molar-refractivity contribution in [2.75, 3.05) is 20.1 Å². The SMILES string of the molecule is CCC(NCC1CCCN1C)C(N)=NO. The average Bonchev–Trinajstić information content (AvgIpc) is 2.65. The van der Waals surface area contributed by atoms with Gasteiger partial charge in [0, 0.05) is 12.6 Å². The van der Waals surface area contributed by atoms with Gasteiger partial charge in [-0.05, 0) is 32.9 Å². The zero-order chi connectivity index (χ0) is 11.3. The Labute approximate surface area is 91.3 Å². The van der Waals surface area contributed by atoms with Gasteiger partial charge < -0.3 is 21.2 Å². The molecule has 15 heavy (non-hydrogen) atoms. The summed E-state index contributed by atoms with van der Waals surface area (Å²) in [5.41, 5.74) is 5.57. The molecule has 2 unspecified atom stereocenters. The first-order valence-electron chi connectivity index (χ1n) is 5.60. The Bertz CT molecular complexity index is 219. The van der Waals surface area contributed by atoms with Gasteiger partial charge in [0.15, 0.2) is 5.84 Å². The van der Waals surface area contributed by atoms with Crippen LogP contribution in [0.15, 0.2) is 5.16 Å². The summed E-state index contributed by atoms with van der Waals surface area (Å²) in [6.45, 7) is 4.10. The van der Waals surface area contributed by atoms with Gasteiger partial charge in [0.2, 0.25) is 0 Å². The van der Waals surface area contributed by atoms with Crippen LogP contribution >= 0.6 is 0 Å². The van der Waals surface area contributed by atoms with E-state index in [9.17, 15) is 0 Å². The van der Waals surface area contributed by atoms with E-state index in [1.54, 1.807) is 0 Å². The number of nitrogens with zero attached hydrogens (tertiary/aromatic N) is 2. The summed E-state index contributed by atoms with van der Waals surface area (Å²) < 4.78 is 0. The molecule has 5 heteroatoms. The van der Waals surface area contributed by atoms with E-state index in [4.69, 9.17) is 10.9 Å². The molecule has 0 saturated carbocycles. The average molecular weight is 214 g/mol. The molecule has 1 saturated heterocycles. The molecule has 0 aromatic rings. The molecule has 1 fully saturated rings. The Morgan fingerprint density at radius 1 is 1.73 bits per heavy atom. The number of rotatable bonds is 5. The quantitative estimate of drug-likeness (QED) is 0.264. The summed E-state index contributed by atoms with van der Waals surface area (Å²) in [6.07, 6.45) is 3.34. The fourth-order valence-electron chi connectivity index (χ4n) is 2.04. The van der Waals surface area contributed by atoms with Crippen molar-refractivity contribution in [3.63, 3.8) is 0 Å². The molecule has 1 heterocycles. The minimum atomic E-state index is -0.0102. The number of nitrogens with two attached hydrogens (primary N) is 1. The molecule has 88 valence electrons. The fraction of sp³-hybridized carbons (Fsp3) is 0.900. The van der Waals surface area contributed by atoms with Gasteiger partial charge in [-0.2, -0.15) is 0 Å². The Hall–Kier alpha value is -0.810. The third-order valence-corrected chi connectivity index (χ3v) is 3.15. The van der Waals surface area contributed by atoms with Crippen molar-refractivity contribution in [3.05, 3.63) is 0 Å². The van der Waals surface area contributed by atoms with Crippen LogP contribution in [0.5, 0.6) is 0 Å². The standard InChI is InChI=1S/C10H22N4O/c1-3-9(10(11)13-15)12-7-8-5-4-6-14(8)2/h8-9,12,15H,3-7H2,1-2H3,(H2,11,13). The van der Waals surface area contributed by atoms with Crippen molar-refractivity contribution >= 4 is 5.84 Å². The number of nitrogens with one attached hydrogen (secondary N) is 1. The monoisotopic (exact) mass is 214 g/mol. The van der Waals surface area contributed by atoms with Gasteiger partial charge in [-0.15, -0.1) is 0 Å². The largest absolute Gasteiger partial charge is 0.409 e. The van der Waals surface area contributed by atoms with Crippen molar-refractivity contribution in [3.8, 4) is 0 Å². The molecule has 0 bridgehead atoms. The van der Waals surface area contributed by atoms with Crippen LogP contribution in [-0.2, 0) is 0 Å². The molecule has 0 aliphatic carbocycles. The van der Waals surface area contributed by atoms with Crippen molar-refractivity contribution in [2.45, 2.75) is 38.3 Å². The molecule has 0 spiro atoms. The zero-order valence-electron chi connectivity index (χ0n) is 9.61. The summed E-state index contributed by atoms with van der Waals surface area (Å²) in [7, 11) is 2.14. The lowest BCUT2D eigenvalue weighted by Crippen LogP contribution is -2.46. The van der Waals surface area contributed by atoms with Crippen molar-refractivity contribution in [1.82, 2.24) is 10.2 Å². The molecule has 1 aliphatic heterocycles. The Morgan fingerprint density at radius 3 is 2.93 bits per heavy atom. The molecule has 5 nitrogen and oxygen atoms in total. The van der Waals surface area contributed by atoms with Crippen LogP contribution in [0, 0.1) is 0 Å². The number of likely N-dealkylation sites (tertiary alicyclic amines) is 1. The second kappa shape index (κ2) is 5.92. The maximum atomic E-state index is 8.59. The molecule has 0 aromatic carbocycles. The molecule has 1 aliphatic rings. The van der Waals surface area contributed by atoms with Gasteiger partial charge in [-0.3, -0.25) is 0 Å². The molecule has 0 amide bonds. The maximum absolute atomic E-state index is 8.59. The van der Waals surface area contributed by atoms with E-state index in [0.29, 0.717) is 6.04 Å². The number of oxime groups is 1. The summed E-state index contributed by atoms with van der Waals surface area (Å²) in [5.74, 6) is 0.276. The summed E-state index contributed by atoms with van der Waals surface area (Å²) in [6, 6.07) is 0.578. The van der Waals surface area contributed by atoms with Gasteiger partial charge in [0.1, 0.15) is 0 Å². The van der Waals surface area contributed by atoms with Crippen molar-refractivity contribution in [1.29, 1.82) is 0 Å². The molecule has 0 radical (unpaired) electrons. The molecule has 4 N–H and O–H groups in total. The third-order valence-electron chi connectivity index (χ3n) is 3.15. The van der Waals surface area contributed by atoms with Gasteiger partial charge in [-0.25, -0.2) is 0 Å². The number of amidine groups is 1. The Kier molecular flexibility index (Phi) is 4.84. The molecule has 2 atom stereocenters. The van der Waals surface area contributed by atoms with Crippen LogP contribution in [0.3, 0.4) is 0 Å². The van der Waals surface area contributed by atoms with E-state index in [1.807, 2.05) is 6.92 Å². The van der Waals surface area contributed by atoms with Gasteiger partial charge in [-0.1, -0.05) is 12.1 Å². The first-order chi connectivity index (χ1) is 7.19. The molecular formula is C10H22N4O. The maximum Gasteiger partial charge on any atom is 0.156 e. The Morgan fingerprint density at radius 2 is 2.47 bits per heavy atom. The summed E-state index contributed by atoms with van der Waals surface area (Å²) in [5, 5.41) is 15.0. The molecule has 0 aromatic heterocycles. The van der Waals surface area contributed by atoms with E-state index >= 15 is 0 Å². The van der Waals surface area contributed by atoms with E-state index in [0.717, 1.165) is 13.0 Å². The van der Waals surface area contributed by atoms with Crippen molar-refractivity contribution < 1.29 is 5.21 Å². The minimum absolute atomic E-state index is 0.0102. The van der Waals surface area contributed by atoms with E-state index < -0.39 is 0 Å². The lowest BCUT2D eigenvalue weighted by Gasteiger charge is -2.23. The number of hydrogen-bond acceptors (Lipinski definition) is 4. The highest BCUT2D eigenvalue weighted by Crippen LogP contribution is 2.13. The highest BCUT2D eigenvalue weighted by molar-refractivity contribution is 5.85. The highest BCUT2D eigenvalue weighted by Gasteiger charge is 2.22. The van der Waals surface area contributed by atoms with Crippen LogP contribution in [0.4, 0.5) is 0 Å². The van der Waals surface area contributed by atoms with E-state index in [-0.39, 0.29) is 11.9 Å². The fourth-order valence-corrected chi connectivity index (χ4v) is 2.04. The van der Waals surface area contributed by atoms with Gasteiger partial charge >= 0.3 is 0 Å². The number of hydrogen-bond donors (Lipinski definition) is 3. The second-order valence-electron chi connectivity index (χ2n) is 4.17. The topological polar surface area (TPSA) is 73.9 Å². The lowest BCUT2D eigenvalue weighted by molar-refractivity contribution is 0.292. The number of likely N-dealkylation sites (N-methyl/N-ethyl adjacent to an activating group) is 1. The van der Waals surface area contributed by atoms with Crippen LogP contribution in [0.25, 0.3) is 0 Å².